The Labute approximate surface area is 78.2 Å². The van der Waals surface area contributed by atoms with E-state index in [9.17, 15) is 4.79 Å². The Morgan fingerprint density at radius 1 is 1.62 bits per heavy atom. The topological polar surface area (TPSA) is 42.0 Å². The van der Waals surface area contributed by atoms with Gasteiger partial charge in [0, 0.05) is 12.4 Å². The van der Waals surface area contributed by atoms with Crippen molar-refractivity contribution in [3.8, 4) is 0 Å². The molecule has 0 amide bonds. The molecule has 0 aromatic carbocycles. The van der Waals surface area contributed by atoms with Crippen LogP contribution in [0.5, 0.6) is 0 Å². The van der Waals surface area contributed by atoms with E-state index < -0.39 is 0 Å². The molecule has 0 aliphatic carbocycles. The number of carbonyl (C=O) groups is 1. The number of carbonyl (C=O) groups excluding carboxylic acids is 1. The molecule has 0 radical (unpaired) electrons. The molecule has 0 aliphatic heterocycles. The number of nitrogens with zero attached hydrogens (tertiary/aromatic N) is 1. The molecule has 70 valence electrons. The molecule has 0 fully saturated rings. The number of Topliss-reactive ketones (excluding diaryl/α,β-unsaturated/α-hetero) is 1. The van der Waals surface area contributed by atoms with Gasteiger partial charge in [-0.1, -0.05) is 6.07 Å². The Balaban J connectivity index is 2.17. The number of aromatic nitrogens is 1. The molecule has 0 aliphatic rings. The predicted molar refractivity (Wildman–Crippen MR) is 51.5 cm³/mol. The van der Waals surface area contributed by atoms with Gasteiger partial charge < -0.3 is 5.32 Å². The van der Waals surface area contributed by atoms with Crippen molar-refractivity contribution in [1.82, 2.24) is 10.3 Å². The van der Waals surface area contributed by atoms with Crippen molar-refractivity contribution >= 4 is 5.78 Å². The summed E-state index contributed by atoms with van der Waals surface area (Å²) in [4.78, 5) is 14.6. The molecular formula is C10H14N2O. The Kier molecular flexibility index (Phi) is 4.12. The highest BCUT2D eigenvalue weighted by molar-refractivity contribution is 5.77. The number of hydrogen-bond donors (Lipinski definition) is 1. The van der Waals surface area contributed by atoms with Crippen molar-refractivity contribution in [2.75, 3.05) is 13.1 Å². The highest BCUT2D eigenvalue weighted by Crippen LogP contribution is 1.94. The Hall–Kier alpha value is -1.22. The summed E-state index contributed by atoms with van der Waals surface area (Å²) in [6.45, 7) is 2.86. The first kappa shape index (κ1) is 9.86. The van der Waals surface area contributed by atoms with Gasteiger partial charge in [-0.15, -0.1) is 0 Å². The van der Waals surface area contributed by atoms with E-state index in [1.54, 1.807) is 13.1 Å². The summed E-state index contributed by atoms with van der Waals surface area (Å²) in [5, 5.41) is 3.06. The van der Waals surface area contributed by atoms with Crippen molar-refractivity contribution in [3.05, 3.63) is 30.1 Å². The molecule has 1 aromatic heterocycles. The van der Waals surface area contributed by atoms with Gasteiger partial charge in [0.15, 0.2) is 0 Å². The minimum atomic E-state index is 0.172. The molecule has 13 heavy (non-hydrogen) atoms. The number of hydrogen-bond acceptors (Lipinski definition) is 3. The van der Waals surface area contributed by atoms with Crippen molar-refractivity contribution in [2.45, 2.75) is 13.3 Å². The standard InChI is InChI=1S/C10H14N2O/c1-9(13)7-12-6-4-10-3-2-5-11-8-10/h2-3,5,8,12H,4,6-7H2,1H3. The molecule has 1 rings (SSSR count). The lowest BCUT2D eigenvalue weighted by Gasteiger charge is -2.01. The van der Waals surface area contributed by atoms with Crippen LogP contribution in [-0.2, 0) is 11.2 Å². The fourth-order valence-corrected chi connectivity index (χ4v) is 1.04. The normalized spacial score (nSPS) is 9.92. The van der Waals surface area contributed by atoms with E-state index >= 15 is 0 Å². The molecule has 0 unspecified atom stereocenters. The van der Waals surface area contributed by atoms with Crippen molar-refractivity contribution in [2.24, 2.45) is 0 Å². The number of nitrogens with one attached hydrogen (secondary N) is 1. The summed E-state index contributed by atoms with van der Waals surface area (Å²) in [5.74, 6) is 0.172. The SMILES string of the molecule is CC(=O)CNCCc1cccnc1. The lowest BCUT2D eigenvalue weighted by atomic mass is 10.2. The van der Waals surface area contributed by atoms with Crippen LogP contribution in [0.25, 0.3) is 0 Å². The van der Waals surface area contributed by atoms with Gasteiger partial charge in [0.1, 0.15) is 5.78 Å². The fourth-order valence-electron chi connectivity index (χ4n) is 1.04. The first-order chi connectivity index (χ1) is 6.29. The molecule has 0 bridgehead atoms. The van der Waals surface area contributed by atoms with Gasteiger partial charge in [-0.25, -0.2) is 0 Å². The minimum Gasteiger partial charge on any atom is -0.310 e. The minimum absolute atomic E-state index is 0.172. The first-order valence-corrected chi connectivity index (χ1v) is 4.38. The fraction of sp³-hybridized carbons (Fsp3) is 0.400. The van der Waals surface area contributed by atoms with Crippen LogP contribution in [-0.4, -0.2) is 23.9 Å². The van der Waals surface area contributed by atoms with Gasteiger partial charge in [-0.2, -0.15) is 0 Å². The van der Waals surface area contributed by atoms with Gasteiger partial charge in [-0.05, 0) is 31.5 Å². The molecule has 1 N–H and O–H groups in total. The van der Waals surface area contributed by atoms with Gasteiger partial charge in [-0.3, -0.25) is 9.78 Å². The number of pyridine rings is 1. The Morgan fingerprint density at radius 3 is 3.08 bits per heavy atom. The van der Waals surface area contributed by atoms with Gasteiger partial charge in [0.05, 0.1) is 6.54 Å². The van der Waals surface area contributed by atoms with E-state index in [4.69, 9.17) is 0 Å². The highest BCUT2D eigenvalue weighted by atomic mass is 16.1. The highest BCUT2D eigenvalue weighted by Gasteiger charge is 1.93. The Morgan fingerprint density at radius 2 is 2.46 bits per heavy atom. The monoisotopic (exact) mass is 178 g/mol. The lowest BCUT2D eigenvalue weighted by molar-refractivity contribution is -0.116. The third kappa shape index (κ3) is 4.38. The molecule has 1 heterocycles. The zero-order valence-corrected chi connectivity index (χ0v) is 7.79. The third-order valence-corrected chi connectivity index (χ3v) is 1.69. The second-order valence-corrected chi connectivity index (χ2v) is 2.99. The zero-order valence-electron chi connectivity index (χ0n) is 7.79. The lowest BCUT2D eigenvalue weighted by Crippen LogP contribution is -2.23. The maximum Gasteiger partial charge on any atom is 0.143 e. The van der Waals surface area contributed by atoms with Crippen molar-refractivity contribution in [3.63, 3.8) is 0 Å². The molecule has 3 heteroatoms. The first-order valence-electron chi connectivity index (χ1n) is 4.38. The second kappa shape index (κ2) is 5.43. The summed E-state index contributed by atoms with van der Waals surface area (Å²) in [7, 11) is 0. The second-order valence-electron chi connectivity index (χ2n) is 2.99. The molecule has 1 aromatic rings. The summed E-state index contributed by atoms with van der Waals surface area (Å²) < 4.78 is 0. The quantitative estimate of drug-likeness (QED) is 0.678. The summed E-state index contributed by atoms with van der Waals surface area (Å²) in [6.07, 6.45) is 4.52. The Bertz CT molecular complexity index is 259. The van der Waals surface area contributed by atoms with Crippen LogP contribution in [0.2, 0.25) is 0 Å². The number of rotatable bonds is 5. The molecule has 0 saturated carbocycles. The van der Waals surface area contributed by atoms with E-state index in [2.05, 4.69) is 10.3 Å². The van der Waals surface area contributed by atoms with Crippen LogP contribution in [0.4, 0.5) is 0 Å². The molecule has 0 spiro atoms. The average Bonchev–Trinajstić information content (AvgIpc) is 2.14. The summed E-state index contributed by atoms with van der Waals surface area (Å²) in [5.41, 5.74) is 1.19. The molecule has 0 atom stereocenters. The van der Waals surface area contributed by atoms with Crippen molar-refractivity contribution in [1.29, 1.82) is 0 Å². The maximum absolute atomic E-state index is 10.6. The van der Waals surface area contributed by atoms with E-state index in [0.717, 1.165) is 13.0 Å². The predicted octanol–water partition coefficient (Wildman–Crippen LogP) is 0.803. The van der Waals surface area contributed by atoms with E-state index in [-0.39, 0.29) is 5.78 Å². The molecule has 0 saturated heterocycles. The molecular weight excluding hydrogens is 164 g/mol. The average molecular weight is 178 g/mol. The van der Waals surface area contributed by atoms with Gasteiger partial charge in [0.25, 0.3) is 0 Å². The number of ketones is 1. The van der Waals surface area contributed by atoms with Gasteiger partial charge >= 0.3 is 0 Å². The smallest absolute Gasteiger partial charge is 0.143 e. The summed E-state index contributed by atoms with van der Waals surface area (Å²) >= 11 is 0. The van der Waals surface area contributed by atoms with E-state index in [0.29, 0.717) is 6.54 Å². The van der Waals surface area contributed by atoms with Crippen LogP contribution < -0.4 is 5.32 Å². The van der Waals surface area contributed by atoms with Gasteiger partial charge in [0.2, 0.25) is 0 Å². The largest absolute Gasteiger partial charge is 0.310 e. The summed E-state index contributed by atoms with van der Waals surface area (Å²) in [6, 6.07) is 3.95. The maximum atomic E-state index is 10.6. The van der Waals surface area contributed by atoms with Crippen LogP contribution in [0.15, 0.2) is 24.5 Å². The van der Waals surface area contributed by atoms with Crippen LogP contribution >= 0.6 is 0 Å². The van der Waals surface area contributed by atoms with E-state index in [1.807, 2.05) is 18.3 Å². The van der Waals surface area contributed by atoms with Crippen LogP contribution in [0.1, 0.15) is 12.5 Å². The van der Waals surface area contributed by atoms with Crippen molar-refractivity contribution < 1.29 is 4.79 Å². The third-order valence-electron chi connectivity index (χ3n) is 1.69. The van der Waals surface area contributed by atoms with Crippen LogP contribution in [0, 0.1) is 0 Å². The van der Waals surface area contributed by atoms with Crippen LogP contribution in [0.3, 0.4) is 0 Å². The zero-order chi connectivity index (χ0) is 9.52. The van der Waals surface area contributed by atoms with E-state index in [1.165, 1.54) is 5.56 Å². The molecule has 3 nitrogen and oxygen atoms in total.